The smallest absolute Gasteiger partial charge is 0.160 e. The van der Waals surface area contributed by atoms with Crippen LogP contribution in [-0.2, 0) is 0 Å². The molecule has 460 valence electrons. The van der Waals surface area contributed by atoms with E-state index in [1.807, 2.05) is 131 Å². The Balaban J connectivity index is 0.000000147. The highest BCUT2D eigenvalue weighted by Gasteiger charge is 2.16. The average Bonchev–Trinajstić information content (AvgIpc) is 1.04. The zero-order chi connectivity index (χ0) is 65.1. The fourth-order valence-corrected chi connectivity index (χ4v) is 12.9. The minimum absolute atomic E-state index is 0.706. The Morgan fingerprint density at radius 1 is 0.204 bits per heavy atom. The Morgan fingerprint density at radius 2 is 0.510 bits per heavy atom. The first kappa shape index (κ1) is 58.4. The van der Waals surface area contributed by atoms with E-state index in [1.165, 1.54) is 43.8 Å². The van der Waals surface area contributed by atoms with E-state index in [0.717, 1.165) is 112 Å². The Bertz CT molecular complexity index is 5400. The molecule has 0 bridgehead atoms. The molecule has 0 saturated carbocycles. The molecule has 4 aromatic heterocycles. The van der Waals surface area contributed by atoms with Gasteiger partial charge in [0.25, 0.3) is 0 Å². The van der Waals surface area contributed by atoms with Crippen LogP contribution in [0.3, 0.4) is 0 Å². The molecule has 10 nitrogen and oxygen atoms in total. The fraction of sp³-hybridized carbons (Fsp3) is 0. The van der Waals surface area contributed by atoms with Crippen molar-refractivity contribution in [1.82, 2.24) is 49.9 Å². The lowest BCUT2D eigenvalue weighted by Gasteiger charge is -2.12. The van der Waals surface area contributed by atoms with Gasteiger partial charge in [-0.15, -0.1) is 10.2 Å². The van der Waals surface area contributed by atoms with Crippen LogP contribution in [-0.4, -0.2) is 49.9 Å². The molecule has 0 atom stereocenters. The maximum absolute atomic E-state index is 5.00. The van der Waals surface area contributed by atoms with E-state index in [2.05, 4.69) is 251 Å². The Labute approximate surface area is 565 Å². The minimum Gasteiger partial charge on any atom is -0.228 e. The molecular formula is C88H58N10. The fourth-order valence-electron chi connectivity index (χ4n) is 12.9. The largest absolute Gasteiger partial charge is 0.228 e. The summed E-state index contributed by atoms with van der Waals surface area (Å²) in [5.74, 6) is 1.42. The van der Waals surface area contributed by atoms with Gasteiger partial charge in [0.2, 0.25) is 0 Å². The second-order valence-corrected chi connectivity index (χ2v) is 24.1. The maximum Gasteiger partial charge on any atom is 0.160 e. The van der Waals surface area contributed by atoms with E-state index < -0.39 is 0 Å². The molecule has 0 saturated heterocycles. The van der Waals surface area contributed by atoms with E-state index in [1.54, 1.807) is 0 Å². The van der Waals surface area contributed by atoms with E-state index in [4.69, 9.17) is 19.9 Å². The summed E-state index contributed by atoms with van der Waals surface area (Å²) < 4.78 is 3.76. The van der Waals surface area contributed by atoms with Crippen LogP contribution < -0.4 is 0 Å². The van der Waals surface area contributed by atoms with Gasteiger partial charge in [-0.05, 0) is 139 Å². The number of hydrogen-bond acceptors (Lipinski definition) is 8. The van der Waals surface area contributed by atoms with Gasteiger partial charge in [-0.2, -0.15) is 0 Å². The van der Waals surface area contributed by atoms with Crippen molar-refractivity contribution < 1.29 is 0 Å². The number of fused-ring (bicyclic) bond motifs is 4. The molecule has 98 heavy (non-hydrogen) atoms. The van der Waals surface area contributed by atoms with E-state index in [9.17, 15) is 0 Å². The number of aromatic nitrogens is 10. The number of para-hydroxylation sites is 2. The summed E-state index contributed by atoms with van der Waals surface area (Å²) >= 11 is 0. The molecule has 0 aliphatic rings. The van der Waals surface area contributed by atoms with Gasteiger partial charge >= 0.3 is 0 Å². The number of benzene rings is 14. The SMILES string of the molecule is c1ccc(-c2cc(-c3ccc(-c4cccc5cc(-c6ccc(-n7nnc8ccccc87)cc6)ccc45)cc3)nc(-c3ccccc3)n2)cc1.c1ccc(-c2cc(-c3ccccc3)nc(-c3ccc(-c4cccc5cc(-c6ccc(-n7nnc8ccccc87)cc6)ccc45)cc3)n2)cc1. The third-order valence-corrected chi connectivity index (χ3v) is 18.0. The highest BCUT2D eigenvalue weighted by molar-refractivity contribution is 6.00. The summed E-state index contributed by atoms with van der Waals surface area (Å²) in [6, 6.07) is 122. The molecule has 18 aromatic rings. The lowest BCUT2D eigenvalue weighted by molar-refractivity contribution is 0.824. The van der Waals surface area contributed by atoms with Crippen molar-refractivity contribution in [3.63, 3.8) is 0 Å². The van der Waals surface area contributed by atoms with Gasteiger partial charge < -0.3 is 0 Å². The van der Waals surface area contributed by atoms with E-state index in [-0.39, 0.29) is 0 Å². The van der Waals surface area contributed by atoms with Crippen LogP contribution in [0.1, 0.15) is 0 Å². The highest BCUT2D eigenvalue weighted by atomic mass is 15.4. The van der Waals surface area contributed by atoms with Crippen LogP contribution in [0.5, 0.6) is 0 Å². The van der Waals surface area contributed by atoms with Gasteiger partial charge in [-0.1, -0.05) is 289 Å². The normalized spacial score (nSPS) is 11.3. The summed E-state index contributed by atoms with van der Waals surface area (Å²) in [6.07, 6.45) is 0. The summed E-state index contributed by atoms with van der Waals surface area (Å²) in [5, 5.41) is 22.1. The summed E-state index contributed by atoms with van der Waals surface area (Å²) in [6.45, 7) is 0. The predicted octanol–water partition coefficient (Wildman–Crippen LogP) is 21.4. The van der Waals surface area contributed by atoms with Crippen molar-refractivity contribution in [1.29, 1.82) is 0 Å². The predicted molar refractivity (Wildman–Crippen MR) is 398 cm³/mol. The third-order valence-electron chi connectivity index (χ3n) is 18.0. The molecular weight excluding hydrogens is 1200 g/mol. The zero-order valence-electron chi connectivity index (χ0n) is 53.0. The molecule has 14 aromatic carbocycles. The molecule has 0 amide bonds. The minimum atomic E-state index is 0.706. The van der Waals surface area contributed by atoms with Crippen LogP contribution in [0, 0.1) is 0 Å². The summed E-state index contributed by atoms with van der Waals surface area (Å²) in [5.41, 5.74) is 24.9. The first-order valence-corrected chi connectivity index (χ1v) is 32.6. The summed E-state index contributed by atoms with van der Waals surface area (Å²) in [4.78, 5) is 20.0. The average molecular weight is 1260 g/mol. The monoisotopic (exact) mass is 1250 g/mol. The van der Waals surface area contributed by atoms with Crippen molar-refractivity contribution in [2.24, 2.45) is 0 Å². The zero-order valence-corrected chi connectivity index (χ0v) is 53.0. The van der Waals surface area contributed by atoms with Crippen molar-refractivity contribution >= 4 is 43.6 Å². The second kappa shape index (κ2) is 25.8. The van der Waals surface area contributed by atoms with Crippen molar-refractivity contribution in [2.45, 2.75) is 0 Å². The van der Waals surface area contributed by atoms with Crippen LogP contribution in [0.25, 0.3) is 167 Å². The van der Waals surface area contributed by atoms with Crippen molar-refractivity contribution in [2.75, 3.05) is 0 Å². The highest BCUT2D eigenvalue weighted by Crippen LogP contribution is 2.38. The Kier molecular flexibility index (Phi) is 15.4. The van der Waals surface area contributed by atoms with Crippen LogP contribution in [0.4, 0.5) is 0 Å². The van der Waals surface area contributed by atoms with E-state index in [0.29, 0.717) is 11.6 Å². The standard InChI is InChI=1S/2C44H29N5/c1-3-10-32(11-4-1)41-29-42(46-44(45-41)34-12-5-2-6-13-34)33-20-18-31(19-21-33)38-15-9-14-36-28-35(24-27-39(36)38)30-22-25-37(26-23-30)49-43-17-8-7-16-40(43)47-48-49;1-3-10-32(11-4-1)41-29-42(33-12-5-2-6-13-33)46-44(45-41)34-20-18-31(19-21-34)38-15-9-14-36-28-35(24-27-39(36)38)30-22-25-37(26-23-30)49-43-17-8-7-16-40(43)47-48-49/h2*1-29H. The second-order valence-electron chi connectivity index (χ2n) is 24.1. The van der Waals surface area contributed by atoms with Gasteiger partial charge in [-0.25, -0.2) is 29.3 Å². The van der Waals surface area contributed by atoms with Crippen LogP contribution >= 0.6 is 0 Å². The molecule has 0 aliphatic heterocycles. The number of nitrogens with zero attached hydrogens (tertiary/aromatic N) is 10. The van der Waals surface area contributed by atoms with Crippen LogP contribution in [0.2, 0.25) is 0 Å². The Hall–Kier alpha value is -13.4. The van der Waals surface area contributed by atoms with Crippen molar-refractivity contribution in [3.05, 3.63) is 352 Å². The lowest BCUT2D eigenvalue weighted by Crippen LogP contribution is -1.96. The van der Waals surface area contributed by atoms with Gasteiger partial charge in [0.1, 0.15) is 11.0 Å². The molecule has 0 aliphatic carbocycles. The molecule has 0 N–H and O–H groups in total. The maximum atomic E-state index is 5.00. The third kappa shape index (κ3) is 11.7. The topological polar surface area (TPSA) is 113 Å². The number of rotatable bonds is 12. The molecule has 0 spiro atoms. The quantitative estimate of drug-likeness (QED) is 0.119. The summed E-state index contributed by atoms with van der Waals surface area (Å²) in [7, 11) is 0. The molecule has 0 radical (unpaired) electrons. The molecule has 10 heteroatoms. The van der Waals surface area contributed by atoms with Crippen molar-refractivity contribution in [3.8, 4) is 124 Å². The molecule has 0 unspecified atom stereocenters. The molecule has 18 rings (SSSR count). The lowest BCUT2D eigenvalue weighted by atomic mass is 9.94. The van der Waals surface area contributed by atoms with Gasteiger partial charge in [0, 0.05) is 33.4 Å². The van der Waals surface area contributed by atoms with E-state index >= 15 is 0 Å². The first-order valence-electron chi connectivity index (χ1n) is 32.6. The van der Waals surface area contributed by atoms with Gasteiger partial charge in [-0.3, -0.25) is 0 Å². The van der Waals surface area contributed by atoms with Crippen LogP contribution in [0.15, 0.2) is 352 Å². The number of hydrogen-bond donors (Lipinski definition) is 0. The van der Waals surface area contributed by atoms with Gasteiger partial charge in [0.05, 0.1) is 45.2 Å². The first-order chi connectivity index (χ1) is 48.5. The Morgan fingerprint density at radius 3 is 0.908 bits per heavy atom. The molecule has 0 fully saturated rings. The van der Waals surface area contributed by atoms with Gasteiger partial charge in [0.15, 0.2) is 11.6 Å². The molecule has 4 heterocycles.